The van der Waals surface area contributed by atoms with E-state index in [-0.39, 0.29) is 54.4 Å². The van der Waals surface area contributed by atoms with E-state index in [0.29, 0.717) is 19.1 Å². The van der Waals surface area contributed by atoms with Crippen molar-refractivity contribution in [1.82, 2.24) is 15.5 Å². The maximum Gasteiger partial charge on any atom is 0.243 e. The summed E-state index contributed by atoms with van der Waals surface area (Å²) in [7, 11) is 3.47. The standard InChI is InChI=1S/C22H34N4O3.HI/c1-17(18-10-6-4-7-11-18)25-21(24-15-20(27)26(2)3)23-14-19-16-28-22(29-19)12-8-5-9-13-22;/h4,6-7,10-11,17,19H,5,8-9,12-16H2,1-3H3,(H2,23,24,25);1H. The average molecular weight is 530 g/mol. The fourth-order valence-corrected chi connectivity index (χ4v) is 3.75. The van der Waals surface area contributed by atoms with E-state index in [2.05, 4.69) is 34.7 Å². The van der Waals surface area contributed by atoms with Crippen molar-refractivity contribution in [3.8, 4) is 0 Å². The molecule has 1 aromatic rings. The third-order valence-electron chi connectivity index (χ3n) is 5.55. The molecule has 2 aliphatic rings. The van der Waals surface area contributed by atoms with Gasteiger partial charge in [0.15, 0.2) is 11.7 Å². The van der Waals surface area contributed by atoms with E-state index in [9.17, 15) is 4.79 Å². The number of rotatable bonds is 6. The number of guanidine groups is 1. The maximum absolute atomic E-state index is 12.0. The van der Waals surface area contributed by atoms with Crippen LogP contribution >= 0.6 is 24.0 Å². The Labute approximate surface area is 197 Å². The average Bonchev–Trinajstić information content (AvgIpc) is 3.12. The molecule has 1 aliphatic carbocycles. The van der Waals surface area contributed by atoms with E-state index < -0.39 is 0 Å². The number of nitrogens with zero attached hydrogens (tertiary/aromatic N) is 2. The third kappa shape index (κ3) is 7.09. The van der Waals surface area contributed by atoms with Crippen molar-refractivity contribution in [2.75, 3.05) is 33.8 Å². The first kappa shape index (κ1) is 24.9. The van der Waals surface area contributed by atoms with Crippen LogP contribution in [0.25, 0.3) is 0 Å². The minimum atomic E-state index is -0.381. The fraction of sp³-hybridized carbons (Fsp3) is 0.636. The van der Waals surface area contributed by atoms with Crippen molar-refractivity contribution in [1.29, 1.82) is 0 Å². The molecule has 2 N–H and O–H groups in total. The van der Waals surface area contributed by atoms with E-state index in [0.717, 1.165) is 31.2 Å². The Morgan fingerprint density at radius 2 is 1.93 bits per heavy atom. The van der Waals surface area contributed by atoms with Gasteiger partial charge >= 0.3 is 0 Å². The number of carbonyl (C=O) groups is 1. The van der Waals surface area contributed by atoms with Crippen molar-refractivity contribution < 1.29 is 14.3 Å². The Bertz CT molecular complexity index is 693. The minimum Gasteiger partial charge on any atom is -0.354 e. The first-order valence-electron chi connectivity index (χ1n) is 10.6. The summed E-state index contributed by atoms with van der Waals surface area (Å²) in [6.45, 7) is 3.35. The van der Waals surface area contributed by atoms with E-state index in [4.69, 9.17) is 9.47 Å². The number of likely N-dealkylation sites (N-methyl/N-ethyl adjacent to an activating group) is 1. The van der Waals surface area contributed by atoms with Crippen molar-refractivity contribution in [3.63, 3.8) is 0 Å². The normalized spacial score (nSPS) is 21.6. The summed E-state index contributed by atoms with van der Waals surface area (Å²) >= 11 is 0. The van der Waals surface area contributed by atoms with Crippen LogP contribution in [0, 0.1) is 0 Å². The quantitative estimate of drug-likeness (QED) is 0.336. The minimum absolute atomic E-state index is 0. The predicted molar refractivity (Wildman–Crippen MR) is 129 cm³/mol. The van der Waals surface area contributed by atoms with Gasteiger partial charge in [0.25, 0.3) is 0 Å². The topological polar surface area (TPSA) is 75.2 Å². The predicted octanol–water partition coefficient (Wildman–Crippen LogP) is 3.06. The Kier molecular flexibility index (Phi) is 9.83. The van der Waals surface area contributed by atoms with Gasteiger partial charge in [-0.15, -0.1) is 24.0 Å². The molecule has 1 saturated heterocycles. The first-order valence-corrected chi connectivity index (χ1v) is 10.6. The van der Waals surface area contributed by atoms with Gasteiger partial charge in [-0.25, -0.2) is 4.99 Å². The smallest absolute Gasteiger partial charge is 0.243 e. The molecule has 1 saturated carbocycles. The SMILES string of the molecule is CC(NC(=NCC(=O)N(C)C)NCC1COC2(CCCCC2)O1)c1ccccc1.I. The molecular weight excluding hydrogens is 495 g/mol. The second-order valence-electron chi connectivity index (χ2n) is 8.13. The fourth-order valence-electron chi connectivity index (χ4n) is 3.75. The zero-order valence-corrected chi connectivity index (χ0v) is 20.6. The van der Waals surface area contributed by atoms with E-state index in [1.807, 2.05) is 18.2 Å². The number of aliphatic imine (C=N–C) groups is 1. The lowest BCUT2D eigenvalue weighted by Gasteiger charge is -2.31. The highest BCUT2D eigenvalue weighted by molar-refractivity contribution is 14.0. The zero-order valence-electron chi connectivity index (χ0n) is 18.2. The van der Waals surface area contributed by atoms with Crippen LogP contribution in [-0.4, -0.2) is 62.4 Å². The number of ether oxygens (including phenoxy) is 2. The molecular formula is C22H35IN4O3. The molecule has 0 bridgehead atoms. The van der Waals surface area contributed by atoms with Crippen LogP contribution in [0.2, 0.25) is 0 Å². The van der Waals surface area contributed by atoms with Crippen LogP contribution in [0.4, 0.5) is 0 Å². The summed E-state index contributed by atoms with van der Waals surface area (Å²) in [4.78, 5) is 18.0. The summed E-state index contributed by atoms with van der Waals surface area (Å²) in [5.74, 6) is 0.179. The number of hydrogen-bond acceptors (Lipinski definition) is 4. The van der Waals surface area contributed by atoms with Crippen molar-refractivity contribution in [3.05, 3.63) is 35.9 Å². The number of benzene rings is 1. The molecule has 1 heterocycles. The lowest BCUT2D eigenvalue weighted by atomic mass is 9.94. The van der Waals surface area contributed by atoms with Gasteiger partial charge in [-0.3, -0.25) is 4.79 Å². The maximum atomic E-state index is 12.0. The first-order chi connectivity index (χ1) is 14.0. The molecule has 8 heteroatoms. The molecule has 2 atom stereocenters. The zero-order chi connectivity index (χ0) is 20.7. The van der Waals surface area contributed by atoms with Crippen molar-refractivity contribution in [2.45, 2.75) is 57.0 Å². The van der Waals surface area contributed by atoms with Crippen LogP contribution in [0.1, 0.15) is 50.6 Å². The van der Waals surface area contributed by atoms with Gasteiger partial charge in [-0.1, -0.05) is 36.8 Å². The van der Waals surface area contributed by atoms with Crippen molar-refractivity contribution >= 4 is 35.8 Å². The number of hydrogen-bond donors (Lipinski definition) is 2. The van der Waals surface area contributed by atoms with Gasteiger partial charge in [0.1, 0.15) is 12.6 Å². The van der Waals surface area contributed by atoms with Crippen LogP contribution in [0.3, 0.4) is 0 Å². The lowest BCUT2D eigenvalue weighted by molar-refractivity contribution is -0.186. The van der Waals surface area contributed by atoms with Crippen molar-refractivity contribution in [2.24, 2.45) is 4.99 Å². The van der Waals surface area contributed by atoms with Gasteiger partial charge in [0, 0.05) is 33.5 Å². The van der Waals surface area contributed by atoms with E-state index >= 15 is 0 Å². The molecule has 2 unspecified atom stereocenters. The molecule has 1 aromatic carbocycles. The van der Waals surface area contributed by atoms with E-state index in [1.165, 1.54) is 6.42 Å². The monoisotopic (exact) mass is 530 g/mol. The molecule has 7 nitrogen and oxygen atoms in total. The summed E-state index contributed by atoms with van der Waals surface area (Å²) < 4.78 is 12.3. The van der Waals surface area contributed by atoms with Gasteiger partial charge < -0.3 is 25.0 Å². The Morgan fingerprint density at radius 3 is 2.60 bits per heavy atom. The molecule has 30 heavy (non-hydrogen) atoms. The van der Waals surface area contributed by atoms with Crippen LogP contribution in [-0.2, 0) is 14.3 Å². The summed E-state index contributed by atoms with van der Waals surface area (Å²) in [6.07, 6.45) is 5.52. The molecule has 1 amide bonds. The third-order valence-corrected chi connectivity index (χ3v) is 5.55. The lowest BCUT2D eigenvalue weighted by Crippen LogP contribution is -2.44. The number of nitrogens with one attached hydrogen (secondary N) is 2. The molecule has 0 radical (unpaired) electrons. The molecule has 0 aromatic heterocycles. The Balaban J connectivity index is 0.00000320. The molecule has 2 fully saturated rings. The van der Waals surface area contributed by atoms with Crippen LogP contribution < -0.4 is 10.6 Å². The summed E-state index contributed by atoms with van der Waals surface area (Å²) in [6, 6.07) is 10.2. The van der Waals surface area contributed by atoms with Crippen LogP contribution in [0.15, 0.2) is 35.3 Å². The highest BCUT2D eigenvalue weighted by atomic mass is 127. The highest BCUT2D eigenvalue weighted by Gasteiger charge is 2.42. The second-order valence-corrected chi connectivity index (χ2v) is 8.13. The Hall–Kier alpha value is -1.39. The molecule has 1 spiro atoms. The number of carbonyl (C=O) groups excluding carboxylic acids is 1. The Morgan fingerprint density at radius 1 is 1.23 bits per heavy atom. The molecule has 168 valence electrons. The number of amides is 1. The van der Waals surface area contributed by atoms with E-state index in [1.54, 1.807) is 19.0 Å². The van der Waals surface area contributed by atoms with Gasteiger partial charge in [-0.05, 0) is 25.3 Å². The van der Waals surface area contributed by atoms with Gasteiger partial charge in [0.2, 0.25) is 5.91 Å². The molecule has 3 rings (SSSR count). The molecule has 1 aliphatic heterocycles. The number of halogens is 1. The van der Waals surface area contributed by atoms with Gasteiger partial charge in [-0.2, -0.15) is 0 Å². The summed E-state index contributed by atoms with van der Waals surface area (Å²) in [5, 5.41) is 6.74. The van der Waals surface area contributed by atoms with Crippen LogP contribution in [0.5, 0.6) is 0 Å². The highest BCUT2D eigenvalue weighted by Crippen LogP contribution is 2.37. The summed E-state index contributed by atoms with van der Waals surface area (Å²) in [5.41, 5.74) is 1.16. The van der Waals surface area contributed by atoms with Gasteiger partial charge in [0.05, 0.1) is 12.6 Å². The second kappa shape index (κ2) is 11.9. The largest absolute Gasteiger partial charge is 0.354 e.